The van der Waals surface area contributed by atoms with Gasteiger partial charge in [-0.3, -0.25) is 9.48 Å². The Balaban J connectivity index is 1.52. The first kappa shape index (κ1) is 21.4. The largest absolute Gasteiger partial charge is 0.496 e. The van der Waals surface area contributed by atoms with E-state index < -0.39 is 17.8 Å². The number of carbonyl (C=O) groups is 2. The minimum absolute atomic E-state index is 0.0457. The molecule has 3 aromatic rings. The van der Waals surface area contributed by atoms with Gasteiger partial charge in [0.05, 0.1) is 23.9 Å². The van der Waals surface area contributed by atoms with Crippen LogP contribution in [0, 0.1) is 5.82 Å². The molecule has 1 aliphatic rings. The molecular weight excluding hydrogens is 417 g/mol. The minimum atomic E-state index is -0.957. The zero-order chi connectivity index (χ0) is 23.0. The van der Waals surface area contributed by atoms with Crippen molar-refractivity contribution in [3.05, 3.63) is 47.9 Å². The molecule has 4 rings (SSSR count). The van der Waals surface area contributed by atoms with Crippen LogP contribution in [0.1, 0.15) is 17.3 Å². The van der Waals surface area contributed by atoms with Crippen LogP contribution in [0.2, 0.25) is 0 Å². The van der Waals surface area contributed by atoms with Gasteiger partial charge in [0.1, 0.15) is 11.6 Å². The number of ether oxygens (including phenoxy) is 1. The molecule has 0 saturated carbocycles. The van der Waals surface area contributed by atoms with Gasteiger partial charge in [-0.1, -0.05) is 0 Å². The van der Waals surface area contributed by atoms with E-state index >= 15 is 0 Å². The molecule has 0 radical (unpaired) electrons. The summed E-state index contributed by atoms with van der Waals surface area (Å²) in [5.74, 6) is -0.732. The fraction of sp³-hybridized carbons (Fsp3) is 0.318. The second kappa shape index (κ2) is 8.37. The van der Waals surface area contributed by atoms with E-state index in [-0.39, 0.29) is 17.3 Å². The third kappa shape index (κ3) is 4.03. The van der Waals surface area contributed by atoms with Gasteiger partial charge in [0.2, 0.25) is 0 Å². The van der Waals surface area contributed by atoms with Gasteiger partial charge in [-0.05, 0) is 31.2 Å². The van der Waals surface area contributed by atoms with Crippen molar-refractivity contribution in [2.24, 2.45) is 7.05 Å². The normalized spacial score (nSPS) is 16.3. The maximum absolute atomic E-state index is 14.8. The average Bonchev–Trinajstić information content (AvgIpc) is 3.12. The minimum Gasteiger partial charge on any atom is -0.496 e. The summed E-state index contributed by atoms with van der Waals surface area (Å²) >= 11 is 0. The Morgan fingerprint density at radius 2 is 2.03 bits per heavy atom. The van der Waals surface area contributed by atoms with Gasteiger partial charge in [0, 0.05) is 56.1 Å². The van der Waals surface area contributed by atoms with E-state index in [4.69, 9.17) is 4.74 Å². The van der Waals surface area contributed by atoms with Crippen LogP contribution >= 0.6 is 0 Å². The average molecular weight is 441 g/mol. The lowest BCUT2D eigenvalue weighted by molar-refractivity contribution is 0.102. The van der Waals surface area contributed by atoms with Crippen LogP contribution in [-0.2, 0) is 7.05 Å². The summed E-state index contributed by atoms with van der Waals surface area (Å²) in [5, 5.41) is 16.9. The molecule has 1 atom stereocenters. The standard InChI is InChI=1S/C22H24FN5O4/c1-13-11-27(6-7-28(13)22(30)31)15-4-5-18(17(23)9-15)24-21(29)16-8-14-12-26(2)25-19(14)10-20(16)32-3/h4-5,8-10,12-13H,6-7,11H2,1-3H3,(H,24,29)(H,30,31)/t13-/m0/s1. The predicted molar refractivity (Wildman–Crippen MR) is 118 cm³/mol. The molecule has 1 aromatic heterocycles. The van der Waals surface area contributed by atoms with Crippen molar-refractivity contribution in [2.45, 2.75) is 13.0 Å². The van der Waals surface area contributed by atoms with E-state index in [2.05, 4.69) is 10.4 Å². The molecule has 0 aliphatic carbocycles. The number of carbonyl (C=O) groups excluding carboxylic acids is 1. The van der Waals surface area contributed by atoms with Crippen molar-refractivity contribution < 1.29 is 23.8 Å². The van der Waals surface area contributed by atoms with Crippen LogP contribution in [0.4, 0.5) is 20.6 Å². The zero-order valence-corrected chi connectivity index (χ0v) is 18.0. The topological polar surface area (TPSA) is 99.9 Å². The number of amides is 2. The molecule has 0 bridgehead atoms. The highest BCUT2D eigenvalue weighted by Gasteiger charge is 2.27. The lowest BCUT2D eigenvalue weighted by Crippen LogP contribution is -2.53. The number of nitrogens with one attached hydrogen (secondary N) is 1. The van der Waals surface area contributed by atoms with E-state index in [0.29, 0.717) is 36.6 Å². The molecule has 1 aliphatic heterocycles. The maximum atomic E-state index is 14.8. The Morgan fingerprint density at radius 3 is 2.69 bits per heavy atom. The van der Waals surface area contributed by atoms with Gasteiger partial charge in [-0.2, -0.15) is 5.10 Å². The molecule has 2 heterocycles. The molecule has 9 nitrogen and oxygen atoms in total. The van der Waals surface area contributed by atoms with Crippen LogP contribution < -0.4 is 15.0 Å². The molecule has 32 heavy (non-hydrogen) atoms. The van der Waals surface area contributed by atoms with Crippen molar-refractivity contribution >= 4 is 34.3 Å². The Hall–Kier alpha value is -3.82. The van der Waals surface area contributed by atoms with Crippen molar-refractivity contribution in [1.82, 2.24) is 14.7 Å². The number of carboxylic acid groups (broad SMARTS) is 1. The number of rotatable bonds is 4. The molecule has 1 saturated heterocycles. The third-order valence-electron chi connectivity index (χ3n) is 5.62. The molecule has 2 amide bonds. The Morgan fingerprint density at radius 1 is 1.25 bits per heavy atom. The number of nitrogens with zero attached hydrogens (tertiary/aromatic N) is 4. The summed E-state index contributed by atoms with van der Waals surface area (Å²) in [4.78, 5) is 27.4. The van der Waals surface area contributed by atoms with E-state index in [0.717, 1.165) is 5.39 Å². The van der Waals surface area contributed by atoms with E-state index in [9.17, 15) is 19.1 Å². The maximum Gasteiger partial charge on any atom is 0.407 e. The quantitative estimate of drug-likeness (QED) is 0.645. The van der Waals surface area contributed by atoms with Crippen LogP contribution in [0.15, 0.2) is 36.5 Å². The smallest absolute Gasteiger partial charge is 0.407 e. The molecule has 2 N–H and O–H groups in total. The SMILES string of the molecule is COc1cc2nn(C)cc2cc1C(=O)Nc1ccc(N2CCN(C(=O)O)[C@@H](C)C2)cc1F. The number of hydrogen-bond acceptors (Lipinski definition) is 5. The number of halogens is 1. The van der Waals surface area contributed by atoms with Crippen LogP contribution in [0.25, 0.3) is 10.9 Å². The molecular formula is C22H24FN5O4. The summed E-state index contributed by atoms with van der Waals surface area (Å²) in [7, 11) is 3.24. The first-order valence-electron chi connectivity index (χ1n) is 10.1. The highest BCUT2D eigenvalue weighted by atomic mass is 19.1. The number of anilines is 2. The highest BCUT2D eigenvalue weighted by Crippen LogP contribution is 2.28. The lowest BCUT2D eigenvalue weighted by Gasteiger charge is -2.39. The van der Waals surface area contributed by atoms with Crippen molar-refractivity contribution in [2.75, 3.05) is 37.0 Å². The molecule has 1 fully saturated rings. The summed E-state index contributed by atoms with van der Waals surface area (Å²) in [6, 6.07) is 7.68. The molecule has 10 heteroatoms. The van der Waals surface area contributed by atoms with Gasteiger partial charge in [0.25, 0.3) is 5.91 Å². The second-order valence-corrected chi connectivity index (χ2v) is 7.80. The fourth-order valence-corrected chi connectivity index (χ4v) is 3.99. The second-order valence-electron chi connectivity index (χ2n) is 7.80. The number of benzene rings is 2. The van der Waals surface area contributed by atoms with E-state index in [1.807, 2.05) is 11.8 Å². The summed E-state index contributed by atoms with van der Waals surface area (Å²) in [6.07, 6.45) is 0.827. The van der Waals surface area contributed by atoms with Crippen molar-refractivity contribution in [3.63, 3.8) is 0 Å². The number of aryl methyl sites for hydroxylation is 1. The number of fused-ring (bicyclic) bond motifs is 1. The molecule has 168 valence electrons. The fourth-order valence-electron chi connectivity index (χ4n) is 3.99. The molecule has 0 spiro atoms. The zero-order valence-electron chi connectivity index (χ0n) is 18.0. The first-order chi connectivity index (χ1) is 15.3. The Bertz CT molecular complexity index is 1190. The summed E-state index contributed by atoms with van der Waals surface area (Å²) < 4.78 is 21.8. The monoisotopic (exact) mass is 441 g/mol. The first-order valence-corrected chi connectivity index (χ1v) is 10.1. The summed E-state index contributed by atoms with van der Waals surface area (Å²) in [6.45, 7) is 3.08. The van der Waals surface area contributed by atoms with E-state index in [1.165, 1.54) is 24.1 Å². The number of aromatic nitrogens is 2. The molecule has 2 aromatic carbocycles. The van der Waals surface area contributed by atoms with Crippen LogP contribution in [-0.4, -0.2) is 64.6 Å². The van der Waals surface area contributed by atoms with Gasteiger partial charge < -0.3 is 25.0 Å². The number of piperazine rings is 1. The van der Waals surface area contributed by atoms with E-state index in [1.54, 1.807) is 36.1 Å². The lowest BCUT2D eigenvalue weighted by atomic mass is 10.1. The Kier molecular flexibility index (Phi) is 5.60. The van der Waals surface area contributed by atoms with Crippen LogP contribution in [0.3, 0.4) is 0 Å². The highest BCUT2D eigenvalue weighted by molar-refractivity contribution is 6.08. The van der Waals surface area contributed by atoms with Gasteiger partial charge in [-0.25, -0.2) is 9.18 Å². The van der Waals surface area contributed by atoms with Crippen molar-refractivity contribution in [3.8, 4) is 5.75 Å². The third-order valence-corrected chi connectivity index (χ3v) is 5.62. The molecule has 0 unspecified atom stereocenters. The summed E-state index contributed by atoms with van der Waals surface area (Å²) in [5.41, 5.74) is 1.64. The van der Waals surface area contributed by atoms with Gasteiger partial charge in [0.15, 0.2) is 0 Å². The predicted octanol–water partition coefficient (Wildman–Crippen LogP) is 3.16. The van der Waals surface area contributed by atoms with Crippen molar-refractivity contribution in [1.29, 1.82) is 0 Å². The van der Waals surface area contributed by atoms with Crippen LogP contribution in [0.5, 0.6) is 5.75 Å². The van der Waals surface area contributed by atoms with Gasteiger partial charge in [-0.15, -0.1) is 0 Å². The van der Waals surface area contributed by atoms with Gasteiger partial charge >= 0.3 is 6.09 Å². The number of hydrogen-bond donors (Lipinski definition) is 2. The number of methoxy groups -OCH3 is 1. The Labute approximate surface area is 184 Å².